The van der Waals surface area contributed by atoms with Gasteiger partial charge in [-0.05, 0) is 31.0 Å². The third kappa shape index (κ3) is 3.27. The summed E-state index contributed by atoms with van der Waals surface area (Å²) in [6.45, 7) is 2.01. The molecule has 4 rings (SSSR count). The van der Waals surface area contributed by atoms with E-state index in [1.165, 1.54) is 0 Å². The molecule has 0 aliphatic heterocycles. The maximum absolute atomic E-state index is 13.6. The molecule has 3 heterocycles. The summed E-state index contributed by atoms with van der Waals surface area (Å²) in [6, 6.07) is 5.16. The minimum atomic E-state index is -2.72. The molecule has 6 nitrogen and oxygen atoms in total. The van der Waals surface area contributed by atoms with Crippen molar-refractivity contribution in [3.63, 3.8) is 0 Å². The Balaban J connectivity index is 1.67. The second kappa shape index (κ2) is 6.68. The summed E-state index contributed by atoms with van der Waals surface area (Å²) in [5.41, 5.74) is 1.78. The maximum Gasteiger partial charge on any atom is 0.309 e. The van der Waals surface area contributed by atoms with Gasteiger partial charge in [-0.25, -0.2) is 18.7 Å². The molecular formula is C19H18F2N4O2. The van der Waals surface area contributed by atoms with Crippen molar-refractivity contribution >= 4 is 17.0 Å². The van der Waals surface area contributed by atoms with E-state index in [-0.39, 0.29) is 30.1 Å². The molecule has 2 atom stereocenters. The predicted molar refractivity (Wildman–Crippen MR) is 94.2 cm³/mol. The van der Waals surface area contributed by atoms with Gasteiger partial charge in [0, 0.05) is 36.3 Å². The first-order valence-corrected chi connectivity index (χ1v) is 8.73. The van der Waals surface area contributed by atoms with E-state index >= 15 is 0 Å². The Morgan fingerprint density at radius 1 is 1.41 bits per heavy atom. The van der Waals surface area contributed by atoms with Crippen molar-refractivity contribution in [2.75, 3.05) is 6.61 Å². The highest BCUT2D eigenvalue weighted by molar-refractivity contribution is 5.80. The van der Waals surface area contributed by atoms with E-state index in [0.717, 1.165) is 5.39 Å². The zero-order valence-electron chi connectivity index (χ0n) is 14.9. The van der Waals surface area contributed by atoms with Crippen LogP contribution in [0.1, 0.15) is 36.9 Å². The summed E-state index contributed by atoms with van der Waals surface area (Å²) in [5, 5.41) is 5.01. The van der Waals surface area contributed by atoms with Gasteiger partial charge >= 0.3 is 5.97 Å². The lowest BCUT2D eigenvalue weighted by Crippen LogP contribution is -2.08. The number of alkyl halides is 2. The van der Waals surface area contributed by atoms with E-state index in [1.807, 2.05) is 12.3 Å². The van der Waals surface area contributed by atoms with E-state index in [1.54, 1.807) is 37.0 Å². The van der Waals surface area contributed by atoms with Crippen molar-refractivity contribution in [2.24, 2.45) is 13.0 Å². The first-order chi connectivity index (χ1) is 13.0. The number of carbonyl (C=O) groups is 1. The molecule has 0 spiro atoms. The number of esters is 1. The average Bonchev–Trinajstić information content (AvgIpc) is 3.35. The number of pyridine rings is 2. The lowest BCUT2D eigenvalue weighted by molar-refractivity contribution is -0.144. The van der Waals surface area contributed by atoms with Gasteiger partial charge in [-0.3, -0.25) is 9.48 Å². The largest absolute Gasteiger partial charge is 0.466 e. The Bertz CT molecular complexity index is 1020. The molecule has 1 aliphatic rings. The summed E-state index contributed by atoms with van der Waals surface area (Å²) in [5.74, 6) is -0.949. The molecule has 140 valence electrons. The molecule has 1 fully saturated rings. The number of aromatic nitrogens is 4. The molecule has 8 heteroatoms. The molecule has 1 saturated carbocycles. The molecular weight excluding hydrogens is 354 g/mol. The summed E-state index contributed by atoms with van der Waals surface area (Å²) in [7, 11) is 1.79. The highest BCUT2D eigenvalue weighted by Crippen LogP contribution is 2.50. The second-order valence-corrected chi connectivity index (χ2v) is 6.61. The zero-order valence-corrected chi connectivity index (χ0v) is 14.9. The van der Waals surface area contributed by atoms with Gasteiger partial charge in [0.25, 0.3) is 6.43 Å². The van der Waals surface area contributed by atoms with Crippen LogP contribution in [0.5, 0.6) is 0 Å². The molecule has 0 unspecified atom stereocenters. The van der Waals surface area contributed by atoms with Crippen molar-refractivity contribution in [1.29, 1.82) is 0 Å². The third-order valence-corrected chi connectivity index (χ3v) is 4.71. The van der Waals surface area contributed by atoms with Crippen LogP contribution in [-0.4, -0.2) is 32.3 Å². The summed E-state index contributed by atoms with van der Waals surface area (Å²) < 4.78 is 33.9. The first-order valence-electron chi connectivity index (χ1n) is 8.73. The Labute approximate surface area is 154 Å². The normalized spacial score (nSPS) is 18.9. The van der Waals surface area contributed by atoms with Crippen LogP contribution in [0.25, 0.3) is 22.3 Å². The summed E-state index contributed by atoms with van der Waals surface area (Å²) in [6.07, 6.45) is 1.18. The number of hydrogen-bond acceptors (Lipinski definition) is 5. The maximum atomic E-state index is 13.6. The van der Waals surface area contributed by atoms with Crippen LogP contribution in [0.15, 0.2) is 30.6 Å². The quantitative estimate of drug-likeness (QED) is 0.640. The molecule has 27 heavy (non-hydrogen) atoms. The van der Waals surface area contributed by atoms with Crippen LogP contribution in [0.4, 0.5) is 8.78 Å². The Morgan fingerprint density at radius 3 is 2.96 bits per heavy atom. The van der Waals surface area contributed by atoms with Crippen LogP contribution in [-0.2, 0) is 16.6 Å². The van der Waals surface area contributed by atoms with Gasteiger partial charge in [-0.15, -0.1) is 0 Å². The van der Waals surface area contributed by atoms with E-state index in [4.69, 9.17) is 4.74 Å². The van der Waals surface area contributed by atoms with Gasteiger partial charge in [-0.1, -0.05) is 6.07 Å². The lowest BCUT2D eigenvalue weighted by atomic mass is 10.0. The molecule has 3 aromatic rings. The first kappa shape index (κ1) is 17.5. The molecule has 0 bridgehead atoms. The predicted octanol–water partition coefficient (Wildman–Crippen LogP) is 3.63. The average molecular weight is 372 g/mol. The lowest BCUT2D eigenvalue weighted by Gasteiger charge is -2.10. The fourth-order valence-electron chi connectivity index (χ4n) is 3.36. The molecule has 1 aliphatic carbocycles. The van der Waals surface area contributed by atoms with Crippen LogP contribution in [0, 0.1) is 5.92 Å². The van der Waals surface area contributed by atoms with Crippen LogP contribution < -0.4 is 0 Å². The Hall–Kier alpha value is -2.90. The SMILES string of the molecule is CCOC(=O)[C@H]1C[C@@H]1c1ccc(-c2cnc3nn(C)cc3c2)nc1C(F)F. The highest BCUT2D eigenvalue weighted by atomic mass is 19.3. The zero-order chi connectivity index (χ0) is 19.1. The number of hydrogen-bond donors (Lipinski definition) is 0. The van der Waals surface area contributed by atoms with E-state index in [0.29, 0.717) is 28.9 Å². The van der Waals surface area contributed by atoms with Gasteiger partial charge in [0.15, 0.2) is 5.65 Å². The van der Waals surface area contributed by atoms with Crippen molar-refractivity contribution in [2.45, 2.75) is 25.7 Å². The molecule has 0 radical (unpaired) electrons. The van der Waals surface area contributed by atoms with Gasteiger partial charge in [0.05, 0.1) is 18.2 Å². The number of aryl methyl sites for hydroxylation is 1. The smallest absolute Gasteiger partial charge is 0.309 e. The van der Waals surface area contributed by atoms with Crippen LogP contribution in [0.2, 0.25) is 0 Å². The van der Waals surface area contributed by atoms with Crippen LogP contribution >= 0.6 is 0 Å². The number of rotatable bonds is 5. The molecule has 0 N–H and O–H groups in total. The number of halogens is 2. The summed E-state index contributed by atoms with van der Waals surface area (Å²) >= 11 is 0. The van der Waals surface area contributed by atoms with Gasteiger partial charge < -0.3 is 4.74 Å². The number of fused-ring (bicyclic) bond motifs is 1. The fraction of sp³-hybridized carbons (Fsp3) is 0.368. The van der Waals surface area contributed by atoms with Gasteiger partial charge in [0.2, 0.25) is 0 Å². The van der Waals surface area contributed by atoms with Crippen LogP contribution in [0.3, 0.4) is 0 Å². The van der Waals surface area contributed by atoms with E-state index in [2.05, 4.69) is 15.1 Å². The molecule has 0 aromatic carbocycles. The standard InChI is InChI=1S/C19H18F2N4O2/c1-3-27-19(26)14-7-13(14)12-4-5-15(23-16(12)17(20)21)10-6-11-9-25(2)24-18(11)22-8-10/h4-6,8-9,13-14,17H,3,7H2,1-2H3/t13-,14+/m1/s1. The van der Waals surface area contributed by atoms with Crippen molar-refractivity contribution in [1.82, 2.24) is 19.7 Å². The third-order valence-electron chi connectivity index (χ3n) is 4.71. The van der Waals surface area contributed by atoms with E-state index < -0.39 is 6.43 Å². The van der Waals surface area contributed by atoms with Crippen molar-refractivity contribution in [3.8, 4) is 11.3 Å². The van der Waals surface area contributed by atoms with Crippen molar-refractivity contribution in [3.05, 3.63) is 41.9 Å². The highest BCUT2D eigenvalue weighted by Gasteiger charge is 2.47. The van der Waals surface area contributed by atoms with Gasteiger partial charge in [0.1, 0.15) is 5.69 Å². The minimum absolute atomic E-state index is 0.256. The monoisotopic (exact) mass is 372 g/mol. The van der Waals surface area contributed by atoms with E-state index in [9.17, 15) is 13.6 Å². The second-order valence-electron chi connectivity index (χ2n) is 6.61. The van der Waals surface area contributed by atoms with Gasteiger partial charge in [-0.2, -0.15) is 5.10 Å². The Kier molecular flexibility index (Phi) is 4.33. The molecule has 3 aromatic heterocycles. The molecule has 0 amide bonds. The topological polar surface area (TPSA) is 69.9 Å². The van der Waals surface area contributed by atoms with Crippen molar-refractivity contribution < 1.29 is 18.3 Å². The number of carbonyl (C=O) groups excluding carboxylic acids is 1. The Morgan fingerprint density at radius 2 is 2.22 bits per heavy atom. The molecule has 0 saturated heterocycles. The summed E-state index contributed by atoms with van der Waals surface area (Å²) in [4.78, 5) is 20.3. The number of ether oxygens (including phenoxy) is 1. The number of nitrogens with zero attached hydrogens (tertiary/aromatic N) is 4. The fourth-order valence-corrected chi connectivity index (χ4v) is 3.36. The minimum Gasteiger partial charge on any atom is -0.466 e.